The molecule has 1 aliphatic rings. The first-order chi connectivity index (χ1) is 10.1. The molecule has 0 saturated heterocycles. The molecule has 5 heteroatoms. The van der Waals surface area contributed by atoms with E-state index in [1.165, 1.54) is 0 Å². The molecule has 2 aromatic rings. The van der Waals surface area contributed by atoms with Crippen LogP contribution in [0.15, 0.2) is 36.4 Å². The average molecular weight is 324 g/mol. The molecule has 1 aliphatic heterocycles. The van der Waals surface area contributed by atoms with Gasteiger partial charge in [0.25, 0.3) is 0 Å². The molecule has 0 radical (unpaired) electrons. The molecule has 0 bridgehead atoms. The van der Waals surface area contributed by atoms with Crippen molar-refractivity contribution < 1.29 is 9.47 Å². The first-order valence-electron chi connectivity index (χ1n) is 6.64. The summed E-state index contributed by atoms with van der Waals surface area (Å²) in [5, 5.41) is 1.27. The Bertz CT molecular complexity index is 675. The normalized spacial score (nSPS) is 20.6. The molecule has 110 valence electrons. The quantitative estimate of drug-likeness (QED) is 0.883. The van der Waals surface area contributed by atoms with Crippen LogP contribution in [-0.2, 0) is 0 Å². The molecule has 0 amide bonds. The summed E-state index contributed by atoms with van der Waals surface area (Å²) in [4.78, 5) is 0. The summed E-state index contributed by atoms with van der Waals surface area (Å²) in [6, 6.07) is 10.9. The third kappa shape index (κ3) is 2.69. The predicted octanol–water partition coefficient (Wildman–Crippen LogP) is 4.53. The van der Waals surface area contributed by atoms with E-state index in [-0.39, 0.29) is 12.1 Å². The Morgan fingerprint density at radius 3 is 2.81 bits per heavy atom. The van der Waals surface area contributed by atoms with Crippen molar-refractivity contribution >= 4 is 23.2 Å². The highest BCUT2D eigenvalue weighted by Crippen LogP contribution is 2.44. The maximum absolute atomic E-state index is 6.32. The summed E-state index contributed by atoms with van der Waals surface area (Å²) in [7, 11) is 1.62. The van der Waals surface area contributed by atoms with E-state index in [9.17, 15) is 0 Å². The van der Waals surface area contributed by atoms with Gasteiger partial charge in [-0.3, -0.25) is 0 Å². The molecule has 1 unspecified atom stereocenters. The number of fused-ring (bicyclic) bond motifs is 1. The van der Waals surface area contributed by atoms with Crippen molar-refractivity contribution in [3.63, 3.8) is 0 Å². The summed E-state index contributed by atoms with van der Waals surface area (Å²) < 4.78 is 11.5. The van der Waals surface area contributed by atoms with Crippen LogP contribution in [0.3, 0.4) is 0 Å². The van der Waals surface area contributed by atoms with Crippen LogP contribution in [0, 0.1) is 0 Å². The predicted molar refractivity (Wildman–Crippen MR) is 84.4 cm³/mol. The smallest absolute Gasteiger partial charge is 0.131 e. The minimum absolute atomic E-state index is 0.154. The molecule has 2 N–H and O–H groups in total. The van der Waals surface area contributed by atoms with Gasteiger partial charge in [-0.25, -0.2) is 0 Å². The van der Waals surface area contributed by atoms with E-state index in [1.807, 2.05) is 30.3 Å². The van der Waals surface area contributed by atoms with Crippen molar-refractivity contribution in [1.29, 1.82) is 0 Å². The first-order valence-corrected chi connectivity index (χ1v) is 7.40. The molecule has 1 heterocycles. The maximum Gasteiger partial charge on any atom is 0.131 e. The van der Waals surface area contributed by atoms with Gasteiger partial charge in [-0.1, -0.05) is 29.3 Å². The number of benzene rings is 2. The van der Waals surface area contributed by atoms with Crippen LogP contribution in [0.2, 0.25) is 10.0 Å². The van der Waals surface area contributed by atoms with E-state index in [1.54, 1.807) is 13.2 Å². The molecule has 2 aromatic carbocycles. The number of methoxy groups -OCH3 is 1. The minimum Gasteiger partial charge on any atom is -0.496 e. The fraction of sp³-hybridized carbons (Fsp3) is 0.250. The monoisotopic (exact) mass is 323 g/mol. The molecule has 0 spiro atoms. The van der Waals surface area contributed by atoms with E-state index >= 15 is 0 Å². The zero-order valence-corrected chi connectivity index (χ0v) is 13.0. The van der Waals surface area contributed by atoms with Crippen LogP contribution in [0.1, 0.15) is 29.7 Å². The fourth-order valence-corrected chi connectivity index (χ4v) is 3.13. The summed E-state index contributed by atoms with van der Waals surface area (Å²) in [6.45, 7) is 0. The van der Waals surface area contributed by atoms with Crippen LogP contribution in [0.25, 0.3) is 0 Å². The van der Waals surface area contributed by atoms with Gasteiger partial charge in [-0.15, -0.1) is 0 Å². The maximum atomic E-state index is 6.32. The lowest BCUT2D eigenvalue weighted by molar-refractivity contribution is 0.158. The fourth-order valence-electron chi connectivity index (χ4n) is 2.66. The van der Waals surface area contributed by atoms with Crippen LogP contribution in [0.5, 0.6) is 11.5 Å². The Kier molecular flexibility index (Phi) is 3.98. The number of ether oxygens (including phenoxy) is 2. The number of halogens is 2. The molecule has 3 nitrogen and oxygen atoms in total. The minimum atomic E-state index is -0.239. The number of hydrogen-bond acceptors (Lipinski definition) is 3. The lowest BCUT2D eigenvalue weighted by atomic mass is 9.93. The molecule has 21 heavy (non-hydrogen) atoms. The van der Waals surface area contributed by atoms with Crippen molar-refractivity contribution in [2.24, 2.45) is 5.73 Å². The molecule has 0 fully saturated rings. The summed E-state index contributed by atoms with van der Waals surface area (Å²) in [5.41, 5.74) is 8.01. The van der Waals surface area contributed by atoms with E-state index in [4.69, 9.17) is 38.4 Å². The highest BCUT2D eigenvalue weighted by atomic mass is 35.5. The van der Waals surface area contributed by atoms with Gasteiger partial charge in [0.15, 0.2) is 0 Å². The second kappa shape index (κ2) is 5.76. The average Bonchev–Trinajstić information content (AvgIpc) is 2.47. The highest BCUT2D eigenvalue weighted by Gasteiger charge is 2.30. The topological polar surface area (TPSA) is 44.5 Å². The Balaban J connectivity index is 2.02. The Hall–Kier alpha value is -1.42. The highest BCUT2D eigenvalue weighted by molar-refractivity contribution is 6.31. The first kappa shape index (κ1) is 14.5. The standard InChI is InChI=1S/C16H15Cl2NO2/c1-20-14-4-2-3-11(18)16(14)15-8-12(19)10-7-9(17)5-6-13(10)21-15/h2-7,12,15H,8,19H2,1H3/t12-,15?/m0/s1. The largest absolute Gasteiger partial charge is 0.496 e. The van der Waals surface area contributed by atoms with E-state index in [0.717, 1.165) is 16.9 Å². The van der Waals surface area contributed by atoms with E-state index < -0.39 is 0 Å². The van der Waals surface area contributed by atoms with Gasteiger partial charge < -0.3 is 15.2 Å². The van der Waals surface area contributed by atoms with Crippen molar-refractivity contribution in [2.75, 3.05) is 7.11 Å². The Morgan fingerprint density at radius 1 is 1.24 bits per heavy atom. The van der Waals surface area contributed by atoms with Gasteiger partial charge >= 0.3 is 0 Å². The van der Waals surface area contributed by atoms with Crippen molar-refractivity contribution in [2.45, 2.75) is 18.6 Å². The molecule has 0 saturated carbocycles. The lowest BCUT2D eigenvalue weighted by Crippen LogP contribution is -2.24. The third-order valence-corrected chi connectivity index (χ3v) is 4.23. The van der Waals surface area contributed by atoms with Crippen molar-refractivity contribution in [1.82, 2.24) is 0 Å². The molecule has 0 aliphatic carbocycles. The van der Waals surface area contributed by atoms with Crippen LogP contribution >= 0.6 is 23.2 Å². The molecule has 2 atom stereocenters. The van der Waals surface area contributed by atoms with Gasteiger partial charge in [0.05, 0.1) is 17.7 Å². The zero-order chi connectivity index (χ0) is 15.0. The number of rotatable bonds is 2. The van der Waals surface area contributed by atoms with Crippen LogP contribution in [-0.4, -0.2) is 7.11 Å². The Morgan fingerprint density at radius 2 is 2.05 bits per heavy atom. The molecular formula is C16H15Cl2NO2. The van der Waals surface area contributed by atoms with E-state index in [2.05, 4.69) is 0 Å². The summed E-state index contributed by atoms with van der Waals surface area (Å²) in [5.74, 6) is 1.45. The van der Waals surface area contributed by atoms with Gasteiger partial charge in [-0.05, 0) is 30.3 Å². The number of nitrogens with two attached hydrogens (primary N) is 1. The zero-order valence-electron chi connectivity index (χ0n) is 11.5. The molecule has 3 rings (SSSR count). The Labute approximate surface area is 133 Å². The van der Waals surface area contributed by atoms with Crippen molar-refractivity contribution in [3.8, 4) is 11.5 Å². The summed E-state index contributed by atoms with van der Waals surface area (Å²) >= 11 is 12.3. The SMILES string of the molecule is COc1cccc(Cl)c1C1C[C@H](N)c2cc(Cl)ccc2O1. The molecule has 0 aromatic heterocycles. The third-order valence-electron chi connectivity index (χ3n) is 3.66. The van der Waals surface area contributed by atoms with Gasteiger partial charge in [0.2, 0.25) is 0 Å². The van der Waals surface area contributed by atoms with Gasteiger partial charge in [0.1, 0.15) is 17.6 Å². The van der Waals surface area contributed by atoms with E-state index in [0.29, 0.717) is 22.2 Å². The lowest BCUT2D eigenvalue weighted by Gasteiger charge is -2.31. The van der Waals surface area contributed by atoms with Crippen LogP contribution < -0.4 is 15.2 Å². The summed E-state index contributed by atoms with van der Waals surface area (Å²) in [6.07, 6.45) is 0.380. The number of hydrogen-bond donors (Lipinski definition) is 1. The van der Waals surface area contributed by atoms with Crippen molar-refractivity contribution in [3.05, 3.63) is 57.6 Å². The van der Waals surface area contributed by atoms with Gasteiger partial charge in [-0.2, -0.15) is 0 Å². The van der Waals surface area contributed by atoms with Crippen LogP contribution in [0.4, 0.5) is 0 Å². The van der Waals surface area contributed by atoms with Gasteiger partial charge in [0, 0.05) is 23.0 Å². The second-order valence-electron chi connectivity index (χ2n) is 4.99. The molecular weight excluding hydrogens is 309 g/mol. The second-order valence-corrected chi connectivity index (χ2v) is 5.83.